The average molecular weight is 288 g/mol. The van der Waals surface area contributed by atoms with Crippen molar-refractivity contribution in [1.82, 2.24) is 0 Å². The summed E-state index contributed by atoms with van der Waals surface area (Å²) in [4.78, 5) is 0. The van der Waals surface area contributed by atoms with Gasteiger partial charge in [-0.2, -0.15) is 0 Å². The lowest BCUT2D eigenvalue weighted by atomic mass is 10.0. The minimum atomic E-state index is 1.05. The molecule has 0 nitrogen and oxygen atoms in total. The minimum Gasteiger partial charge on any atom is -0.116 e. The standard InChI is InChI=1S/C22H24/c1-4-10-19(20-11-6-5-7-12-20)15-16-21-13-8-9-14-22(21)17-18(2)3/h5-9,11-14,16-17H,4,10H2,1-3H3. The lowest BCUT2D eigenvalue weighted by molar-refractivity contribution is 0.974. The Hall–Kier alpha value is -2.30. The quantitative estimate of drug-likeness (QED) is 0.543. The van der Waals surface area contributed by atoms with Crippen molar-refractivity contribution < 1.29 is 0 Å². The summed E-state index contributed by atoms with van der Waals surface area (Å²) in [5, 5.41) is 0. The third kappa shape index (κ3) is 4.62. The van der Waals surface area contributed by atoms with E-state index in [9.17, 15) is 0 Å². The monoisotopic (exact) mass is 288 g/mol. The highest BCUT2D eigenvalue weighted by Gasteiger charge is 1.99. The molecular formula is C22H24. The molecule has 0 aromatic heterocycles. The Labute approximate surface area is 134 Å². The number of rotatable bonds is 5. The van der Waals surface area contributed by atoms with E-state index in [2.05, 4.69) is 93.3 Å². The zero-order valence-corrected chi connectivity index (χ0v) is 13.8. The molecule has 0 fully saturated rings. The van der Waals surface area contributed by atoms with Gasteiger partial charge in [-0.3, -0.25) is 0 Å². The van der Waals surface area contributed by atoms with E-state index < -0.39 is 0 Å². The van der Waals surface area contributed by atoms with Gasteiger partial charge < -0.3 is 0 Å². The van der Waals surface area contributed by atoms with E-state index in [1.807, 2.05) is 0 Å². The summed E-state index contributed by atoms with van der Waals surface area (Å²) in [6.07, 6.45) is 6.51. The van der Waals surface area contributed by atoms with Gasteiger partial charge in [0, 0.05) is 5.57 Å². The Balaban J connectivity index is 2.45. The smallest absolute Gasteiger partial charge is 0.00122 e. The van der Waals surface area contributed by atoms with E-state index in [-0.39, 0.29) is 0 Å². The Bertz CT molecular complexity index is 692. The van der Waals surface area contributed by atoms with Crippen molar-refractivity contribution in [2.45, 2.75) is 33.6 Å². The summed E-state index contributed by atoms with van der Waals surface area (Å²) in [6, 6.07) is 19.0. The molecule has 0 N–H and O–H groups in total. The van der Waals surface area contributed by atoms with Crippen molar-refractivity contribution in [3.8, 4) is 0 Å². The molecule has 0 saturated carbocycles. The van der Waals surface area contributed by atoms with E-state index in [4.69, 9.17) is 0 Å². The molecule has 0 saturated heterocycles. The van der Waals surface area contributed by atoms with Crippen LogP contribution in [-0.2, 0) is 0 Å². The summed E-state index contributed by atoms with van der Waals surface area (Å²) < 4.78 is 0. The first-order valence-corrected chi connectivity index (χ1v) is 7.95. The molecule has 0 aliphatic heterocycles. The highest BCUT2D eigenvalue weighted by Crippen LogP contribution is 2.20. The van der Waals surface area contributed by atoms with Crippen LogP contribution in [0.4, 0.5) is 0 Å². The second-order valence-corrected chi connectivity index (χ2v) is 5.73. The van der Waals surface area contributed by atoms with Crippen LogP contribution >= 0.6 is 0 Å². The van der Waals surface area contributed by atoms with Crippen molar-refractivity contribution in [2.75, 3.05) is 0 Å². The maximum Gasteiger partial charge on any atom is 0.00122 e. The minimum absolute atomic E-state index is 1.05. The molecule has 2 aromatic rings. The van der Waals surface area contributed by atoms with Crippen molar-refractivity contribution in [3.63, 3.8) is 0 Å². The fourth-order valence-electron chi connectivity index (χ4n) is 2.44. The number of allylic oxidation sites excluding steroid dienone is 2. The fourth-order valence-corrected chi connectivity index (χ4v) is 2.44. The first kappa shape index (κ1) is 16.1. The zero-order valence-electron chi connectivity index (χ0n) is 13.8. The lowest BCUT2D eigenvalue weighted by Crippen LogP contribution is -1.83. The molecule has 2 aromatic carbocycles. The van der Waals surface area contributed by atoms with Crippen molar-refractivity contribution in [3.05, 3.63) is 82.6 Å². The van der Waals surface area contributed by atoms with Crippen LogP contribution in [0.1, 0.15) is 50.3 Å². The number of hydrogen-bond acceptors (Lipinski definition) is 0. The lowest BCUT2D eigenvalue weighted by Gasteiger charge is -2.04. The Morgan fingerprint density at radius 2 is 1.55 bits per heavy atom. The van der Waals surface area contributed by atoms with Gasteiger partial charge in [-0.15, -0.1) is 5.73 Å². The maximum absolute atomic E-state index is 3.53. The van der Waals surface area contributed by atoms with Gasteiger partial charge in [-0.05, 0) is 43.0 Å². The van der Waals surface area contributed by atoms with Gasteiger partial charge >= 0.3 is 0 Å². The Kier molecular flexibility index (Phi) is 6.01. The molecule has 0 aliphatic carbocycles. The fraction of sp³-hybridized carbons (Fsp3) is 0.227. The second kappa shape index (κ2) is 8.22. The Morgan fingerprint density at radius 3 is 2.18 bits per heavy atom. The van der Waals surface area contributed by atoms with Crippen LogP contribution in [-0.4, -0.2) is 0 Å². The van der Waals surface area contributed by atoms with E-state index in [1.54, 1.807) is 0 Å². The molecule has 112 valence electrons. The Morgan fingerprint density at radius 1 is 0.909 bits per heavy atom. The van der Waals surface area contributed by atoms with E-state index >= 15 is 0 Å². The van der Waals surface area contributed by atoms with Gasteiger partial charge in [-0.1, -0.05) is 79.6 Å². The summed E-state index contributed by atoms with van der Waals surface area (Å²) in [5.41, 5.74) is 9.84. The zero-order chi connectivity index (χ0) is 15.8. The van der Waals surface area contributed by atoms with E-state index in [0.29, 0.717) is 0 Å². The third-order valence-corrected chi connectivity index (χ3v) is 3.46. The number of hydrogen-bond donors (Lipinski definition) is 0. The highest BCUT2D eigenvalue weighted by molar-refractivity contribution is 5.72. The molecule has 2 rings (SSSR count). The second-order valence-electron chi connectivity index (χ2n) is 5.73. The summed E-state index contributed by atoms with van der Waals surface area (Å²) in [6.45, 7) is 6.47. The summed E-state index contributed by atoms with van der Waals surface area (Å²) in [7, 11) is 0. The van der Waals surface area contributed by atoms with Crippen LogP contribution in [0.2, 0.25) is 0 Å². The van der Waals surface area contributed by atoms with Gasteiger partial charge in [-0.25, -0.2) is 0 Å². The van der Waals surface area contributed by atoms with E-state index in [0.717, 1.165) is 12.8 Å². The van der Waals surface area contributed by atoms with Gasteiger partial charge in [0.25, 0.3) is 0 Å². The molecule has 22 heavy (non-hydrogen) atoms. The van der Waals surface area contributed by atoms with Gasteiger partial charge in [0.15, 0.2) is 0 Å². The first-order chi connectivity index (χ1) is 10.7. The highest BCUT2D eigenvalue weighted by atomic mass is 14.0. The van der Waals surface area contributed by atoms with Crippen LogP contribution in [0.3, 0.4) is 0 Å². The van der Waals surface area contributed by atoms with Crippen LogP contribution < -0.4 is 0 Å². The topological polar surface area (TPSA) is 0 Å². The van der Waals surface area contributed by atoms with Gasteiger partial charge in [0.05, 0.1) is 0 Å². The van der Waals surface area contributed by atoms with E-state index in [1.165, 1.54) is 27.8 Å². The van der Waals surface area contributed by atoms with Crippen molar-refractivity contribution in [2.24, 2.45) is 0 Å². The maximum atomic E-state index is 3.53. The molecule has 0 bridgehead atoms. The molecule has 0 amide bonds. The van der Waals surface area contributed by atoms with Crippen molar-refractivity contribution in [1.29, 1.82) is 0 Å². The predicted molar refractivity (Wildman–Crippen MR) is 98.5 cm³/mol. The third-order valence-electron chi connectivity index (χ3n) is 3.46. The number of benzene rings is 2. The molecule has 0 spiro atoms. The van der Waals surface area contributed by atoms with Crippen LogP contribution in [0, 0.1) is 0 Å². The van der Waals surface area contributed by atoms with Gasteiger partial charge in [0.1, 0.15) is 0 Å². The van der Waals surface area contributed by atoms with Crippen LogP contribution in [0.5, 0.6) is 0 Å². The summed E-state index contributed by atoms with van der Waals surface area (Å²) in [5.74, 6) is 0. The normalized spacial score (nSPS) is 9.77. The van der Waals surface area contributed by atoms with Crippen LogP contribution in [0.15, 0.2) is 65.9 Å². The molecule has 0 heteroatoms. The van der Waals surface area contributed by atoms with Crippen molar-refractivity contribution >= 4 is 17.7 Å². The largest absolute Gasteiger partial charge is 0.116 e. The molecule has 0 radical (unpaired) electrons. The molecule has 0 aliphatic rings. The molecule has 0 unspecified atom stereocenters. The molecular weight excluding hydrogens is 264 g/mol. The van der Waals surface area contributed by atoms with Gasteiger partial charge in [0.2, 0.25) is 0 Å². The molecule has 0 atom stereocenters. The average Bonchev–Trinajstić information content (AvgIpc) is 2.53. The molecule has 0 heterocycles. The van der Waals surface area contributed by atoms with Crippen LogP contribution in [0.25, 0.3) is 17.7 Å². The predicted octanol–water partition coefficient (Wildman–Crippen LogP) is 6.61. The summed E-state index contributed by atoms with van der Waals surface area (Å²) >= 11 is 0. The SMILES string of the molecule is CCCC(=C=Cc1ccccc1C=C(C)C)c1ccccc1. The first-order valence-electron chi connectivity index (χ1n) is 7.95.